The SMILES string of the molecule is N[C@@H]1CCCO[C@H]1CN1CCCC(Cc2ccc(F)cc2)C1. The largest absolute Gasteiger partial charge is 0.375 e. The molecule has 2 aliphatic rings. The normalized spacial score (nSPS) is 30.4. The Hall–Kier alpha value is -0.970. The maximum absolute atomic E-state index is 13.0. The Bertz CT molecular complexity index is 465. The van der Waals surface area contributed by atoms with Crippen LogP contribution in [0.5, 0.6) is 0 Å². The molecule has 0 spiro atoms. The van der Waals surface area contributed by atoms with Crippen molar-refractivity contribution < 1.29 is 9.13 Å². The molecule has 3 nitrogen and oxygen atoms in total. The molecule has 0 aromatic heterocycles. The van der Waals surface area contributed by atoms with Gasteiger partial charge in [-0.3, -0.25) is 0 Å². The molecule has 2 N–H and O–H groups in total. The summed E-state index contributed by atoms with van der Waals surface area (Å²) >= 11 is 0. The maximum atomic E-state index is 13.0. The Kier molecular flexibility index (Phi) is 5.45. The van der Waals surface area contributed by atoms with Gasteiger partial charge in [-0.2, -0.15) is 0 Å². The van der Waals surface area contributed by atoms with E-state index in [4.69, 9.17) is 10.5 Å². The van der Waals surface area contributed by atoms with Crippen molar-refractivity contribution in [2.45, 2.75) is 44.2 Å². The van der Waals surface area contributed by atoms with Crippen molar-refractivity contribution in [3.05, 3.63) is 35.6 Å². The van der Waals surface area contributed by atoms with Crippen LogP contribution in [0, 0.1) is 11.7 Å². The van der Waals surface area contributed by atoms with E-state index in [-0.39, 0.29) is 18.0 Å². The van der Waals surface area contributed by atoms with Crippen LogP contribution in [-0.4, -0.2) is 43.3 Å². The monoisotopic (exact) mass is 306 g/mol. The third-order valence-corrected chi connectivity index (χ3v) is 4.97. The molecule has 1 aromatic rings. The van der Waals surface area contributed by atoms with E-state index in [9.17, 15) is 4.39 Å². The summed E-state index contributed by atoms with van der Waals surface area (Å²) < 4.78 is 18.8. The third-order valence-electron chi connectivity index (χ3n) is 4.97. The summed E-state index contributed by atoms with van der Waals surface area (Å²) in [6.07, 6.45) is 5.88. The standard InChI is InChI=1S/C18H27FN2O/c19-16-7-5-14(6-8-16)11-15-3-1-9-21(12-15)13-18-17(20)4-2-10-22-18/h5-8,15,17-18H,1-4,9-13,20H2/t15?,17-,18+/m1/s1. The van der Waals surface area contributed by atoms with Crippen LogP contribution in [0.3, 0.4) is 0 Å². The van der Waals surface area contributed by atoms with Crippen LogP contribution in [0.1, 0.15) is 31.2 Å². The van der Waals surface area contributed by atoms with Crippen molar-refractivity contribution in [1.82, 2.24) is 4.90 Å². The van der Waals surface area contributed by atoms with E-state index in [1.165, 1.54) is 18.4 Å². The third kappa shape index (κ3) is 4.28. The van der Waals surface area contributed by atoms with Crippen LogP contribution in [0.4, 0.5) is 4.39 Å². The number of halogens is 1. The van der Waals surface area contributed by atoms with E-state index >= 15 is 0 Å². The highest BCUT2D eigenvalue weighted by atomic mass is 19.1. The zero-order valence-corrected chi connectivity index (χ0v) is 13.2. The van der Waals surface area contributed by atoms with Crippen LogP contribution in [0.25, 0.3) is 0 Å². The van der Waals surface area contributed by atoms with Gasteiger partial charge in [-0.1, -0.05) is 12.1 Å². The average molecular weight is 306 g/mol. The van der Waals surface area contributed by atoms with Crippen molar-refractivity contribution in [2.75, 3.05) is 26.2 Å². The van der Waals surface area contributed by atoms with Gasteiger partial charge in [0, 0.05) is 25.7 Å². The molecule has 0 bridgehead atoms. The lowest BCUT2D eigenvalue weighted by molar-refractivity contribution is -0.0248. The number of likely N-dealkylation sites (tertiary alicyclic amines) is 1. The predicted molar refractivity (Wildman–Crippen MR) is 86.2 cm³/mol. The van der Waals surface area contributed by atoms with Gasteiger partial charge in [0.1, 0.15) is 5.82 Å². The lowest BCUT2D eigenvalue weighted by Gasteiger charge is -2.38. The lowest BCUT2D eigenvalue weighted by Crippen LogP contribution is -2.49. The van der Waals surface area contributed by atoms with Crippen LogP contribution in [0.2, 0.25) is 0 Å². The number of rotatable bonds is 4. The molecular weight excluding hydrogens is 279 g/mol. The highest BCUT2D eigenvalue weighted by molar-refractivity contribution is 5.16. The Morgan fingerprint density at radius 2 is 2.00 bits per heavy atom. The Morgan fingerprint density at radius 3 is 2.77 bits per heavy atom. The van der Waals surface area contributed by atoms with Gasteiger partial charge >= 0.3 is 0 Å². The fourth-order valence-electron chi connectivity index (χ4n) is 3.74. The van der Waals surface area contributed by atoms with Gasteiger partial charge < -0.3 is 15.4 Å². The van der Waals surface area contributed by atoms with Crippen LogP contribution in [-0.2, 0) is 11.2 Å². The first-order chi connectivity index (χ1) is 10.7. The first-order valence-electron chi connectivity index (χ1n) is 8.54. The molecule has 2 heterocycles. The smallest absolute Gasteiger partial charge is 0.123 e. The molecule has 0 aliphatic carbocycles. The van der Waals surface area contributed by atoms with Gasteiger partial charge in [-0.25, -0.2) is 4.39 Å². The highest BCUT2D eigenvalue weighted by Crippen LogP contribution is 2.23. The molecule has 1 aromatic carbocycles. The van der Waals surface area contributed by atoms with E-state index < -0.39 is 0 Å². The van der Waals surface area contributed by atoms with Crippen molar-refractivity contribution in [1.29, 1.82) is 0 Å². The molecule has 2 saturated heterocycles. The fraction of sp³-hybridized carbons (Fsp3) is 0.667. The number of nitrogens with two attached hydrogens (primary N) is 1. The minimum atomic E-state index is -0.155. The molecule has 22 heavy (non-hydrogen) atoms. The number of hydrogen-bond donors (Lipinski definition) is 1. The van der Waals surface area contributed by atoms with Crippen molar-refractivity contribution >= 4 is 0 Å². The van der Waals surface area contributed by atoms with Gasteiger partial charge in [0.05, 0.1) is 6.10 Å². The fourth-order valence-corrected chi connectivity index (χ4v) is 3.74. The number of piperidine rings is 1. The maximum Gasteiger partial charge on any atom is 0.123 e. The molecule has 2 fully saturated rings. The minimum absolute atomic E-state index is 0.155. The summed E-state index contributed by atoms with van der Waals surface area (Å²) in [5, 5.41) is 0. The quantitative estimate of drug-likeness (QED) is 0.929. The average Bonchev–Trinajstić information content (AvgIpc) is 2.52. The van der Waals surface area contributed by atoms with Crippen molar-refractivity contribution in [2.24, 2.45) is 11.7 Å². The van der Waals surface area contributed by atoms with Crippen LogP contribution < -0.4 is 5.73 Å². The lowest BCUT2D eigenvalue weighted by atomic mass is 9.90. The molecule has 0 amide bonds. The van der Waals surface area contributed by atoms with E-state index in [0.29, 0.717) is 5.92 Å². The Balaban J connectivity index is 1.51. The molecule has 2 aliphatic heterocycles. The molecular formula is C18H27FN2O. The number of ether oxygens (including phenoxy) is 1. The van der Waals surface area contributed by atoms with Crippen molar-refractivity contribution in [3.8, 4) is 0 Å². The first kappa shape index (κ1) is 15.9. The zero-order chi connectivity index (χ0) is 15.4. The molecule has 0 saturated carbocycles. The van der Waals surface area contributed by atoms with E-state index in [0.717, 1.165) is 45.5 Å². The van der Waals surface area contributed by atoms with E-state index in [1.54, 1.807) is 12.1 Å². The van der Waals surface area contributed by atoms with Crippen molar-refractivity contribution in [3.63, 3.8) is 0 Å². The molecule has 122 valence electrons. The summed E-state index contributed by atoms with van der Waals surface area (Å²) in [6, 6.07) is 7.13. The second-order valence-electron chi connectivity index (χ2n) is 6.81. The summed E-state index contributed by atoms with van der Waals surface area (Å²) in [5.74, 6) is 0.497. The number of benzene rings is 1. The van der Waals surface area contributed by atoms with E-state index in [1.807, 2.05) is 12.1 Å². The molecule has 3 rings (SSSR count). The Morgan fingerprint density at radius 1 is 1.18 bits per heavy atom. The summed E-state index contributed by atoms with van der Waals surface area (Å²) in [6.45, 7) is 4.06. The summed E-state index contributed by atoms with van der Waals surface area (Å²) in [7, 11) is 0. The van der Waals surface area contributed by atoms with Gasteiger partial charge in [-0.05, 0) is 62.3 Å². The molecule has 4 heteroatoms. The molecule has 0 radical (unpaired) electrons. The van der Waals surface area contributed by atoms with Gasteiger partial charge in [0.2, 0.25) is 0 Å². The zero-order valence-electron chi connectivity index (χ0n) is 13.2. The summed E-state index contributed by atoms with van der Waals surface area (Å²) in [4.78, 5) is 2.51. The predicted octanol–water partition coefficient (Wildman–Crippen LogP) is 2.59. The Labute approximate surface area is 132 Å². The number of hydrogen-bond acceptors (Lipinski definition) is 3. The van der Waals surface area contributed by atoms with Gasteiger partial charge in [0.15, 0.2) is 0 Å². The number of nitrogens with zero attached hydrogens (tertiary/aromatic N) is 1. The summed E-state index contributed by atoms with van der Waals surface area (Å²) in [5.41, 5.74) is 7.42. The second-order valence-corrected chi connectivity index (χ2v) is 6.81. The molecule has 1 unspecified atom stereocenters. The van der Waals surface area contributed by atoms with Crippen LogP contribution in [0.15, 0.2) is 24.3 Å². The second kappa shape index (κ2) is 7.53. The van der Waals surface area contributed by atoms with Gasteiger partial charge in [0.25, 0.3) is 0 Å². The molecule has 3 atom stereocenters. The highest BCUT2D eigenvalue weighted by Gasteiger charge is 2.27. The van der Waals surface area contributed by atoms with Gasteiger partial charge in [-0.15, -0.1) is 0 Å². The first-order valence-corrected chi connectivity index (χ1v) is 8.54. The van der Waals surface area contributed by atoms with E-state index in [2.05, 4.69) is 4.90 Å². The topological polar surface area (TPSA) is 38.5 Å². The van der Waals surface area contributed by atoms with Crippen LogP contribution >= 0.6 is 0 Å². The minimum Gasteiger partial charge on any atom is -0.375 e.